The highest BCUT2D eigenvalue weighted by atomic mass is 19.1. The molecule has 1 aromatic carbocycles. The van der Waals surface area contributed by atoms with Gasteiger partial charge < -0.3 is 10.2 Å². The minimum Gasteiger partial charge on any atom is -0.355 e. The zero-order valence-corrected chi connectivity index (χ0v) is 14.7. The molecule has 1 aliphatic carbocycles. The van der Waals surface area contributed by atoms with E-state index in [2.05, 4.69) is 10.2 Å². The molecule has 3 rings (SSSR count). The highest BCUT2D eigenvalue weighted by Crippen LogP contribution is 2.49. The summed E-state index contributed by atoms with van der Waals surface area (Å²) < 4.78 is 13.9. The topological polar surface area (TPSA) is 52.7 Å². The van der Waals surface area contributed by atoms with Crippen LogP contribution in [0.5, 0.6) is 0 Å². The van der Waals surface area contributed by atoms with Gasteiger partial charge in [-0.15, -0.1) is 0 Å². The Morgan fingerprint density at radius 3 is 2.60 bits per heavy atom. The number of piperazine rings is 1. The summed E-state index contributed by atoms with van der Waals surface area (Å²) in [6, 6.07) is 6.73. The molecule has 0 aromatic heterocycles. The number of benzene rings is 1. The molecule has 0 bridgehead atoms. The third-order valence-electron chi connectivity index (χ3n) is 5.04. The first-order valence-corrected chi connectivity index (χ1v) is 9.12. The molecule has 2 atom stereocenters. The molecule has 0 radical (unpaired) electrons. The number of amides is 2. The number of halogens is 1. The zero-order chi connectivity index (χ0) is 17.8. The van der Waals surface area contributed by atoms with Gasteiger partial charge in [-0.05, 0) is 30.4 Å². The van der Waals surface area contributed by atoms with Crippen molar-refractivity contribution < 1.29 is 14.0 Å². The van der Waals surface area contributed by atoms with Crippen molar-refractivity contribution in [2.45, 2.75) is 25.7 Å². The van der Waals surface area contributed by atoms with E-state index in [1.165, 1.54) is 6.07 Å². The number of hydrogen-bond acceptors (Lipinski definition) is 3. The average molecular weight is 347 g/mol. The molecule has 25 heavy (non-hydrogen) atoms. The lowest BCUT2D eigenvalue weighted by Crippen LogP contribution is -2.51. The van der Waals surface area contributed by atoms with Crippen LogP contribution in [0.25, 0.3) is 0 Å². The first kappa shape index (κ1) is 17.9. The molecule has 2 amide bonds. The third-order valence-corrected chi connectivity index (χ3v) is 5.04. The maximum atomic E-state index is 13.9. The molecular weight excluding hydrogens is 321 g/mol. The highest BCUT2D eigenvalue weighted by molar-refractivity contribution is 5.83. The first-order chi connectivity index (χ1) is 12.1. The van der Waals surface area contributed by atoms with E-state index >= 15 is 0 Å². The van der Waals surface area contributed by atoms with E-state index in [0.717, 1.165) is 12.8 Å². The summed E-state index contributed by atoms with van der Waals surface area (Å²) in [5.41, 5.74) is 0.659. The Balaban J connectivity index is 1.45. The number of carbonyl (C=O) groups excluding carboxylic acids is 2. The maximum Gasteiger partial charge on any atom is 0.234 e. The van der Waals surface area contributed by atoms with E-state index in [1.54, 1.807) is 12.1 Å². The van der Waals surface area contributed by atoms with Gasteiger partial charge in [0.25, 0.3) is 0 Å². The smallest absolute Gasteiger partial charge is 0.234 e. The Morgan fingerprint density at radius 1 is 1.20 bits per heavy atom. The van der Waals surface area contributed by atoms with E-state index in [0.29, 0.717) is 44.8 Å². The van der Waals surface area contributed by atoms with E-state index in [1.807, 2.05) is 17.9 Å². The van der Waals surface area contributed by atoms with Crippen molar-refractivity contribution in [2.75, 3.05) is 39.3 Å². The molecule has 1 saturated heterocycles. The van der Waals surface area contributed by atoms with Crippen LogP contribution in [-0.4, -0.2) is 60.9 Å². The van der Waals surface area contributed by atoms with Crippen molar-refractivity contribution in [3.8, 4) is 0 Å². The van der Waals surface area contributed by atoms with Crippen molar-refractivity contribution in [3.05, 3.63) is 35.6 Å². The number of nitrogens with one attached hydrogen (secondary N) is 1. The van der Waals surface area contributed by atoms with Gasteiger partial charge in [0.2, 0.25) is 11.8 Å². The second kappa shape index (κ2) is 7.95. The van der Waals surface area contributed by atoms with Crippen LogP contribution in [0.1, 0.15) is 31.2 Å². The Labute approximate surface area is 148 Å². The first-order valence-electron chi connectivity index (χ1n) is 9.12. The summed E-state index contributed by atoms with van der Waals surface area (Å²) in [5.74, 6) is -0.111. The van der Waals surface area contributed by atoms with Crippen LogP contribution in [0, 0.1) is 11.7 Å². The number of nitrogens with zero attached hydrogens (tertiary/aromatic N) is 2. The van der Waals surface area contributed by atoms with Crippen LogP contribution >= 0.6 is 0 Å². The SMILES string of the molecule is CCCNC(=O)CN1CCN(C(=O)C2CC2c2ccccc2F)CC1. The van der Waals surface area contributed by atoms with Gasteiger partial charge in [0, 0.05) is 38.6 Å². The monoisotopic (exact) mass is 347 g/mol. The lowest BCUT2D eigenvalue weighted by molar-refractivity contribution is -0.134. The fraction of sp³-hybridized carbons (Fsp3) is 0.579. The fourth-order valence-electron chi connectivity index (χ4n) is 3.47. The van der Waals surface area contributed by atoms with Crippen molar-refractivity contribution in [3.63, 3.8) is 0 Å². The van der Waals surface area contributed by atoms with E-state index < -0.39 is 0 Å². The van der Waals surface area contributed by atoms with Crippen molar-refractivity contribution in [2.24, 2.45) is 5.92 Å². The summed E-state index contributed by atoms with van der Waals surface area (Å²) in [5, 5.41) is 2.87. The maximum absolute atomic E-state index is 13.9. The Bertz CT molecular complexity index is 629. The van der Waals surface area contributed by atoms with Crippen LogP contribution < -0.4 is 5.32 Å². The highest BCUT2D eigenvalue weighted by Gasteiger charge is 2.47. The second-order valence-corrected chi connectivity index (χ2v) is 6.92. The van der Waals surface area contributed by atoms with Crippen molar-refractivity contribution in [1.29, 1.82) is 0 Å². The number of hydrogen-bond donors (Lipinski definition) is 1. The fourth-order valence-corrected chi connectivity index (χ4v) is 3.47. The van der Waals surface area contributed by atoms with Gasteiger partial charge in [-0.25, -0.2) is 4.39 Å². The molecule has 2 unspecified atom stereocenters. The van der Waals surface area contributed by atoms with Crippen molar-refractivity contribution in [1.82, 2.24) is 15.1 Å². The predicted molar refractivity (Wildman–Crippen MR) is 93.6 cm³/mol. The van der Waals surface area contributed by atoms with E-state index in [9.17, 15) is 14.0 Å². The predicted octanol–water partition coefficient (Wildman–Crippen LogP) is 1.60. The van der Waals surface area contributed by atoms with Crippen molar-refractivity contribution >= 4 is 11.8 Å². The van der Waals surface area contributed by atoms with Gasteiger partial charge in [0.15, 0.2) is 0 Å². The number of rotatable bonds is 6. The summed E-state index contributed by atoms with van der Waals surface area (Å²) in [6.45, 7) is 5.82. The number of carbonyl (C=O) groups is 2. The molecule has 1 aromatic rings. The summed E-state index contributed by atoms with van der Waals surface area (Å²) >= 11 is 0. The molecule has 5 nitrogen and oxygen atoms in total. The summed E-state index contributed by atoms with van der Waals surface area (Å²) in [6.07, 6.45) is 1.66. The van der Waals surface area contributed by atoms with Crippen LogP contribution in [0.3, 0.4) is 0 Å². The van der Waals surface area contributed by atoms with Gasteiger partial charge in [0.05, 0.1) is 6.54 Å². The molecule has 136 valence electrons. The Kier molecular flexibility index (Phi) is 5.68. The van der Waals surface area contributed by atoms with E-state index in [-0.39, 0.29) is 29.5 Å². The second-order valence-electron chi connectivity index (χ2n) is 6.92. The van der Waals surface area contributed by atoms with Gasteiger partial charge in [0.1, 0.15) is 5.82 Å². The third kappa shape index (κ3) is 4.37. The van der Waals surface area contributed by atoms with Gasteiger partial charge in [-0.3, -0.25) is 14.5 Å². The normalized spacial score (nSPS) is 23.4. The summed E-state index contributed by atoms with van der Waals surface area (Å²) in [4.78, 5) is 28.3. The molecule has 2 aliphatic rings. The van der Waals surface area contributed by atoms with Crippen LogP contribution in [-0.2, 0) is 9.59 Å². The zero-order valence-electron chi connectivity index (χ0n) is 14.7. The molecule has 1 aliphatic heterocycles. The van der Waals surface area contributed by atoms with Crippen LogP contribution in [0.4, 0.5) is 4.39 Å². The lowest BCUT2D eigenvalue weighted by atomic mass is 10.1. The molecule has 6 heteroatoms. The standard InChI is InChI=1S/C19H26FN3O2/c1-2-7-21-18(24)13-22-8-10-23(11-9-22)19(25)16-12-15(16)14-5-3-4-6-17(14)20/h3-6,15-16H,2,7-13H2,1H3,(H,21,24). The quantitative estimate of drug-likeness (QED) is 0.850. The van der Waals surface area contributed by atoms with Gasteiger partial charge in [-0.1, -0.05) is 25.1 Å². The Morgan fingerprint density at radius 2 is 1.92 bits per heavy atom. The largest absolute Gasteiger partial charge is 0.355 e. The average Bonchev–Trinajstić information content (AvgIpc) is 3.41. The van der Waals surface area contributed by atoms with Crippen LogP contribution in [0.15, 0.2) is 24.3 Å². The van der Waals surface area contributed by atoms with Gasteiger partial charge >= 0.3 is 0 Å². The Hall–Kier alpha value is -1.95. The van der Waals surface area contributed by atoms with E-state index in [4.69, 9.17) is 0 Å². The minimum absolute atomic E-state index is 0.0200. The molecule has 2 fully saturated rings. The van der Waals surface area contributed by atoms with Crippen LogP contribution in [0.2, 0.25) is 0 Å². The van der Waals surface area contributed by atoms with Gasteiger partial charge in [-0.2, -0.15) is 0 Å². The minimum atomic E-state index is -0.217. The molecular formula is C19H26FN3O2. The molecule has 1 N–H and O–H groups in total. The molecule has 1 saturated carbocycles. The summed E-state index contributed by atoms with van der Waals surface area (Å²) in [7, 11) is 0. The molecule has 0 spiro atoms. The molecule has 1 heterocycles. The lowest BCUT2D eigenvalue weighted by Gasteiger charge is -2.34.